The standard InChI is InChI=1S/C14H8Cl2F3NO2/c1-7-3-2-4-9(11(7)16)13(21)22-12-10(15)5-8(6-20-12)14(17,18)19/h2-6H,1H3. The smallest absolute Gasteiger partial charge is 0.402 e. The van der Waals surface area contributed by atoms with Crippen LogP contribution in [0.1, 0.15) is 21.5 Å². The number of nitrogens with zero attached hydrogens (tertiary/aromatic N) is 1. The molecule has 22 heavy (non-hydrogen) atoms. The molecule has 0 aliphatic heterocycles. The number of aryl methyl sites for hydroxylation is 1. The number of alkyl halides is 3. The first-order valence-corrected chi connectivity index (χ1v) is 6.66. The van der Waals surface area contributed by atoms with Gasteiger partial charge in [-0.15, -0.1) is 0 Å². The second-order valence-corrected chi connectivity index (χ2v) is 5.12. The van der Waals surface area contributed by atoms with Gasteiger partial charge < -0.3 is 4.74 Å². The van der Waals surface area contributed by atoms with Gasteiger partial charge in [0.2, 0.25) is 5.88 Å². The van der Waals surface area contributed by atoms with E-state index in [1.165, 1.54) is 6.07 Å². The number of esters is 1. The van der Waals surface area contributed by atoms with Crippen molar-refractivity contribution < 1.29 is 22.7 Å². The molecule has 0 saturated carbocycles. The molecule has 1 heterocycles. The normalized spacial score (nSPS) is 11.4. The zero-order valence-corrected chi connectivity index (χ0v) is 12.6. The Kier molecular flexibility index (Phi) is 4.63. The first-order chi connectivity index (χ1) is 10.2. The number of benzene rings is 1. The van der Waals surface area contributed by atoms with E-state index in [9.17, 15) is 18.0 Å². The molecule has 0 aliphatic rings. The average Bonchev–Trinajstić information content (AvgIpc) is 2.42. The van der Waals surface area contributed by atoms with Crippen LogP contribution in [0.4, 0.5) is 13.2 Å². The molecule has 0 bridgehead atoms. The quantitative estimate of drug-likeness (QED) is 0.721. The molecule has 2 rings (SSSR count). The van der Waals surface area contributed by atoms with Crippen LogP contribution >= 0.6 is 23.2 Å². The van der Waals surface area contributed by atoms with E-state index < -0.39 is 28.6 Å². The molecule has 0 fully saturated rings. The van der Waals surface area contributed by atoms with E-state index in [0.717, 1.165) is 0 Å². The maximum atomic E-state index is 12.5. The van der Waals surface area contributed by atoms with Crippen LogP contribution in [0.5, 0.6) is 5.88 Å². The Morgan fingerprint density at radius 2 is 1.95 bits per heavy atom. The number of carbonyl (C=O) groups is 1. The summed E-state index contributed by atoms with van der Waals surface area (Å²) < 4.78 is 42.4. The van der Waals surface area contributed by atoms with Gasteiger partial charge >= 0.3 is 12.1 Å². The van der Waals surface area contributed by atoms with E-state index in [0.29, 0.717) is 17.8 Å². The van der Waals surface area contributed by atoms with E-state index in [1.807, 2.05) is 0 Å². The van der Waals surface area contributed by atoms with Crippen molar-refractivity contribution >= 4 is 29.2 Å². The number of halogens is 5. The van der Waals surface area contributed by atoms with E-state index in [-0.39, 0.29) is 10.6 Å². The molecule has 0 N–H and O–H groups in total. The van der Waals surface area contributed by atoms with Crippen LogP contribution in [0.2, 0.25) is 10.0 Å². The molecule has 0 atom stereocenters. The summed E-state index contributed by atoms with van der Waals surface area (Å²) in [5.74, 6) is -1.28. The van der Waals surface area contributed by atoms with Gasteiger partial charge in [-0.25, -0.2) is 9.78 Å². The first-order valence-electron chi connectivity index (χ1n) is 5.90. The molecular formula is C14H8Cl2F3NO2. The van der Waals surface area contributed by atoms with Gasteiger partial charge in [-0.2, -0.15) is 13.2 Å². The third-order valence-corrected chi connectivity index (χ3v) is 3.51. The first kappa shape index (κ1) is 16.6. The Bertz CT molecular complexity index is 733. The third-order valence-electron chi connectivity index (χ3n) is 2.74. The van der Waals surface area contributed by atoms with E-state index >= 15 is 0 Å². The van der Waals surface area contributed by atoms with Gasteiger partial charge in [0.15, 0.2) is 0 Å². The number of aromatic nitrogens is 1. The van der Waals surface area contributed by atoms with E-state index in [1.54, 1.807) is 19.1 Å². The van der Waals surface area contributed by atoms with Gasteiger partial charge in [0, 0.05) is 6.20 Å². The van der Waals surface area contributed by atoms with Crippen LogP contribution in [0.15, 0.2) is 30.5 Å². The molecule has 116 valence electrons. The molecule has 0 saturated heterocycles. The predicted molar refractivity (Wildman–Crippen MR) is 75.4 cm³/mol. The highest BCUT2D eigenvalue weighted by atomic mass is 35.5. The second kappa shape index (κ2) is 6.14. The van der Waals surface area contributed by atoms with Crippen molar-refractivity contribution in [1.29, 1.82) is 0 Å². The van der Waals surface area contributed by atoms with E-state index in [2.05, 4.69) is 4.98 Å². The molecule has 0 spiro atoms. The van der Waals surface area contributed by atoms with Crippen molar-refractivity contribution in [2.24, 2.45) is 0 Å². The van der Waals surface area contributed by atoms with Gasteiger partial charge in [0.1, 0.15) is 5.02 Å². The van der Waals surface area contributed by atoms with Crippen molar-refractivity contribution in [2.75, 3.05) is 0 Å². The van der Waals surface area contributed by atoms with Crippen LogP contribution in [0.25, 0.3) is 0 Å². The minimum atomic E-state index is -4.58. The lowest BCUT2D eigenvalue weighted by molar-refractivity contribution is -0.137. The monoisotopic (exact) mass is 349 g/mol. The van der Waals surface area contributed by atoms with E-state index in [4.69, 9.17) is 27.9 Å². The van der Waals surface area contributed by atoms with Crippen molar-refractivity contribution in [3.05, 3.63) is 57.2 Å². The fraction of sp³-hybridized carbons (Fsp3) is 0.143. The number of hydrogen-bond donors (Lipinski definition) is 0. The summed E-state index contributed by atoms with van der Waals surface area (Å²) in [5, 5.41) is -0.234. The Hall–Kier alpha value is -1.79. The topological polar surface area (TPSA) is 39.2 Å². The van der Waals surface area contributed by atoms with Crippen molar-refractivity contribution in [2.45, 2.75) is 13.1 Å². The van der Waals surface area contributed by atoms with Crippen LogP contribution in [-0.4, -0.2) is 11.0 Å². The fourth-order valence-electron chi connectivity index (χ4n) is 1.60. The van der Waals surface area contributed by atoms with Gasteiger partial charge in [-0.1, -0.05) is 35.3 Å². The molecule has 1 aromatic carbocycles. The number of hydrogen-bond acceptors (Lipinski definition) is 3. The molecule has 0 unspecified atom stereocenters. The Morgan fingerprint density at radius 3 is 2.55 bits per heavy atom. The summed E-state index contributed by atoms with van der Waals surface area (Å²) in [7, 11) is 0. The molecular weight excluding hydrogens is 342 g/mol. The van der Waals surface area contributed by atoms with Crippen molar-refractivity contribution in [3.63, 3.8) is 0 Å². The Balaban J connectivity index is 2.28. The zero-order chi connectivity index (χ0) is 16.5. The maximum absolute atomic E-state index is 12.5. The van der Waals surface area contributed by atoms with Crippen LogP contribution in [-0.2, 0) is 6.18 Å². The lowest BCUT2D eigenvalue weighted by atomic mass is 10.1. The summed E-state index contributed by atoms with van der Waals surface area (Å²) in [5.41, 5.74) is -0.312. The maximum Gasteiger partial charge on any atom is 0.417 e. The SMILES string of the molecule is Cc1cccc(C(=O)Oc2ncc(C(F)(F)F)cc2Cl)c1Cl. The predicted octanol–water partition coefficient (Wildman–Crippen LogP) is 4.93. The highest BCUT2D eigenvalue weighted by Gasteiger charge is 2.32. The molecule has 3 nitrogen and oxygen atoms in total. The second-order valence-electron chi connectivity index (χ2n) is 4.33. The molecule has 1 aromatic heterocycles. The molecule has 0 amide bonds. The number of pyridine rings is 1. The van der Waals surface area contributed by atoms with Crippen LogP contribution in [0.3, 0.4) is 0 Å². The van der Waals surface area contributed by atoms with Crippen LogP contribution < -0.4 is 4.74 Å². The van der Waals surface area contributed by atoms with Gasteiger partial charge in [-0.3, -0.25) is 0 Å². The summed E-state index contributed by atoms with van der Waals surface area (Å²) in [6, 6.07) is 5.35. The van der Waals surface area contributed by atoms with Gasteiger partial charge in [-0.05, 0) is 24.6 Å². The third kappa shape index (κ3) is 3.51. The average molecular weight is 350 g/mol. The van der Waals surface area contributed by atoms with Gasteiger partial charge in [0.25, 0.3) is 0 Å². The minimum Gasteiger partial charge on any atom is -0.402 e. The number of carbonyl (C=O) groups excluding carboxylic acids is 1. The largest absolute Gasteiger partial charge is 0.417 e. The van der Waals surface area contributed by atoms with Crippen LogP contribution in [0, 0.1) is 6.92 Å². The Morgan fingerprint density at radius 1 is 1.27 bits per heavy atom. The fourth-order valence-corrected chi connectivity index (χ4v) is 2.01. The van der Waals surface area contributed by atoms with Crippen molar-refractivity contribution in [3.8, 4) is 5.88 Å². The van der Waals surface area contributed by atoms with Gasteiger partial charge in [0.05, 0.1) is 16.1 Å². The lowest BCUT2D eigenvalue weighted by Gasteiger charge is -2.10. The van der Waals surface area contributed by atoms with Crippen molar-refractivity contribution in [1.82, 2.24) is 4.98 Å². The number of ether oxygens (including phenoxy) is 1. The molecule has 8 heteroatoms. The number of rotatable bonds is 2. The zero-order valence-electron chi connectivity index (χ0n) is 11.0. The minimum absolute atomic E-state index is 0.0689. The highest BCUT2D eigenvalue weighted by molar-refractivity contribution is 6.34. The summed E-state index contributed by atoms with van der Waals surface area (Å²) >= 11 is 11.6. The molecule has 0 aliphatic carbocycles. The highest BCUT2D eigenvalue weighted by Crippen LogP contribution is 2.33. The Labute approximate surface area is 133 Å². The molecule has 0 radical (unpaired) electrons. The molecule has 2 aromatic rings. The lowest BCUT2D eigenvalue weighted by Crippen LogP contribution is -2.12. The summed E-state index contributed by atoms with van der Waals surface area (Å²) in [6.07, 6.45) is -4.05. The summed E-state index contributed by atoms with van der Waals surface area (Å²) in [4.78, 5) is 15.4. The summed E-state index contributed by atoms with van der Waals surface area (Å²) in [6.45, 7) is 1.70.